The van der Waals surface area contributed by atoms with E-state index in [9.17, 15) is 0 Å². The Kier molecular flexibility index (Phi) is 3.31. The van der Waals surface area contributed by atoms with Crippen molar-refractivity contribution in [3.8, 4) is 6.07 Å². The molecule has 0 aromatic heterocycles. The topological polar surface area (TPSA) is 27.0 Å². The van der Waals surface area contributed by atoms with Gasteiger partial charge < -0.3 is 0 Å². The molecule has 2 nitrogen and oxygen atoms in total. The van der Waals surface area contributed by atoms with E-state index in [1.807, 2.05) is 0 Å². The highest BCUT2D eigenvalue weighted by Gasteiger charge is 2.43. The van der Waals surface area contributed by atoms with E-state index < -0.39 is 0 Å². The van der Waals surface area contributed by atoms with Crippen LogP contribution in [0.1, 0.15) is 51.9 Å². The van der Waals surface area contributed by atoms with Gasteiger partial charge in [0.25, 0.3) is 0 Å². The third-order valence-corrected chi connectivity index (χ3v) is 4.25. The quantitative estimate of drug-likeness (QED) is 0.694. The maximum absolute atomic E-state index is 8.68. The lowest BCUT2D eigenvalue weighted by Gasteiger charge is -2.52. The molecule has 1 saturated heterocycles. The van der Waals surface area contributed by atoms with Gasteiger partial charge >= 0.3 is 0 Å². The fraction of sp³-hybridized carbons (Fsp3) is 0.923. The summed E-state index contributed by atoms with van der Waals surface area (Å²) < 4.78 is 0. The van der Waals surface area contributed by atoms with Crippen LogP contribution < -0.4 is 0 Å². The Bertz CT molecular complexity index is 238. The zero-order chi connectivity index (χ0) is 10.7. The number of hydrogen-bond donors (Lipinski definition) is 0. The molecule has 2 heteroatoms. The molecular weight excluding hydrogens is 184 g/mol. The van der Waals surface area contributed by atoms with Crippen LogP contribution in [-0.4, -0.2) is 24.0 Å². The molecule has 1 aliphatic heterocycles. The minimum atomic E-state index is 0.476. The van der Waals surface area contributed by atoms with Crippen molar-refractivity contribution in [3.63, 3.8) is 0 Å². The molecule has 0 radical (unpaired) electrons. The summed E-state index contributed by atoms with van der Waals surface area (Å²) in [5, 5.41) is 8.68. The third kappa shape index (κ3) is 2.34. The van der Waals surface area contributed by atoms with Gasteiger partial charge in [0.1, 0.15) is 0 Å². The zero-order valence-electron chi connectivity index (χ0n) is 9.84. The fourth-order valence-corrected chi connectivity index (χ4v) is 3.18. The Balaban J connectivity index is 1.82. The smallest absolute Gasteiger partial charge is 0.0638 e. The first kappa shape index (κ1) is 11.0. The minimum absolute atomic E-state index is 0.476. The molecule has 0 aromatic rings. The Morgan fingerprint density at radius 3 is 2.33 bits per heavy atom. The van der Waals surface area contributed by atoms with E-state index in [1.54, 1.807) is 0 Å². The zero-order valence-corrected chi connectivity index (χ0v) is 9.84. The lowest BCUT2D eigenvalue weighted by atomic mass is 9.73. The molecule has 0 N–H and O–H groups in total. The molecular formula is C13H22N2. The van der Waals surface area contributed by atoms with Gasteiger partial charge in [-0.2, -0.15) is 5.26 Å². The summed E-state index contributed by atoms with van der Waals surface area (Å²) in [5.41, 5.74) is 0.653. The van der Waals surface area contributed by atoms with Gasteiger partial charge in [-0.3, -0.25) is 4.90 Å². The van der Waals surface area contributed by atoms with Crippen LogP contribution in [0.15, 0.2) is 0 Å². The van der Waals surface area contributed by atoms with E-state index in [2.05, 4.69) is 17.9 Å². The molecule has 15 heavy (non-hydrogen) atoms. The molecule has 2 aliphatic rings. The van der Waals surface area contributed by atoms with Gasteiger partial charge in [0.15, 0.2) is 0 Å². The van der Waals surface area contributed by atoms with Crippen molar-refractivity contribution < 1.29 is 0 Å². The second kappa shape index (κ2) is 4.53. The van der Waals surface area contributed by atoms with Crippen molar-refractivity contribution >= 4 is 0 Å². The lowest BCUT2D eigenvalue weighted by Crippen LogP contribution is -2.58. The summed E-state index contributed by atoms with van der Waals surface area (Å²) in [4.78, 5) is 2.49. The molecule has 0 amide bonds. The predicted molar refractivity (Wildman–Crippen MR) is 61.4 cm³/mol. The summed E-state index contributed by atoms with van der Waals surface area (Å²) >= 11 is 0. The summed E-state index contributed by atoms with van der Waals surface area (Å²) in [6, 6.07) is 2.75. The number of rotatable bonds is 2. The van der Waals surface area contributed by atoms with Crippen LogP contribution in [0.3, 0.4) is 0 Å². The summed E-state index contributed by atoms with van der Waals surface area (Å²) in [6.45, 7) is 4.71. The van der Waals surface area contributed by atoms with Gasteiger partial charge in [0.2, 0.25) is 0 Å². The Morgan fingerprint density at radius 1 is 1.20 bits per heavy atom. The van der Waals surface area contributed by atoms with Gasteiger partial charge in [-0.1, -0.05) is 25.7 Å². The van der Waals surface area contributed by atoms with Crippen LogP contribution in [0.2, 0.25) is 0 Å². The number of nitriles is 1. The molecule has 0 aromatic carbocycles. The molecule has 2 rings (SSSR count). The molecule has 1 saturated carbocycles. The maximum atomic E-state index is 8.68. The number of likely N-dealkylation sites (tertiary alicyclic amines) is 1. The molecule has 2 fully saturated rings. The van der Waals surface area contributed by atoms with Crippen LogP contribution >= 0.6 is 0 Å². The average molecular weight is 206 g/mol. The van der Waals surface area contributed by atoms with Crippen molar-refractivity contribution in [2.75, 3.05) is 13.1 Å². The van der Waals surface area contributed by atoms with E-state index >= 15 is 0 Å². The predicted octanol–water partition coefficient (Wildman–Crippen LogP) is 2.94. The highest BCUT2D eigenvalue weighted by Crippen LogP contribution is 2.43. The van der Waals surface area contributed by atoms with Gasteiger partial charge in [0, 0.05) is 19.1 Å². The van der Waals surface area contributed by atoms with Crippen molar-refractivity contribution in [1.82, 2.24) is 4.90 Å². The van der Waals surface area contributed by atoms with Crippen molar-refractivity contribution in [2.45, 2.75) is 57.9 Å². The SMILES string of the molecule is CC(CC#N)N1CC2(CCCCCC2)C1. The molecule has 1 spiro atoms. The highest BCUT2D eigenvalue weighted by molar-refractivity contribution is 4.98. The summed E-state index contributed by atoms with van der Waals surface area (Å²) in [6.07, 6.45) is 9.30. The second-order valence-electron chi connectivity index (χ2n) is 5.53. The monoisotopic (exact) mass is 206 g/mol. The Labute approximate surface area is 93.3 Å². The molecule has 84 valence electrons. The fourth-order valence-electron chi connectivity index (χ4n) is 3.18. The van der Waals surface area contributed by atoms with Gasteiger partial charge in [-0.05, 0) is 25.2 Å². The molecule has 0 bridgehead atoms. The normalized spacial score (nSPS) is 27.7. The number of nitrogens with zero attached hydrogens (tertiary/aromatic N) is 2. The molecule has 1 unspecified atom stereocenters. The highest BCUT2D eigenvalue weighted by atomic mass is 15.2. The van der Waals surface area contributed by atoms with Crippen LogP contribution in [-0.2, 0) is 0 Å². The van der Waals surface area contributed by atoms with Crippen molar-refractivity contribution in [2.24, 2.45) is 5.41 Å². The van der Waals surface area contributed by atoms with Crippen LogP contribution in [0, 0.1) is 16.7 Å². The Hall–Kier alpha value is -0.550. The van der Waals surface area contributed by atoms with Gasteiger partial charge in [0.05, 0.1) is 12.5 Å². The lowest BCUT2D eigenvalue weighted by molar-refractivity contribution is -0.0358. The van der Waals surface area contributed by atoms with E-state index in [0.717, 1.165) is 0 Å². The van der Waals surface area contributed by atoms with Gasteiger partial charge in [-0.25, -0.2) is 0 Å². The summed E-state index contributed by atoms with van der Waals surface area (Å²) in [7, 11) is 0. The minimum Gasteiger partial charge on any atom is -0.298 e. The van der Waals surface area contributed by atoms with E-state index in [1.165, 1.54) is 51.6 Å². The maximum Gasteiger partial charge on any atom is 0.0638 e. The van der Waals surface area contributed by atoms with E-state index in [0.29, 0.717) is 17.9 Å². The van der Waals surface area contributed by atoms with E-state index in [4.69, 9.17) is 5.26 Å². The first-order valence-corrected chi connectivity index (χ1v) is 6.37. The molecule has 1 aliphatic carbocycles. The Morgan fingerprint density at radius 2 is 1.80 bits per heavy atom. The third-order valence-electron chi connectivity index (χ3n) is 4.25. The molecule has 1 heterocycles. The van der Waals surface area contributed by atoms with Crippen LogP contribution in [0.4, 0.5) is 0 Å². The van der Waals surface area contributed by atoms with Crippen molar-refractivity contribution in [1.29, 1.82) is 5.26 Å². The largest absolute Gasteiger partial charge is 0.298 e. The first-order valence-electron chi connectivity index (χ1n) is 6.37. The van der Waals surface area contributed by atoms with Crippen LogP contribution in [0.5, 0.6) is 0 Å². The second-order valence-corrected chi connectivity index (χ2v) is 5.53. The van der Waals surface area contributed by atoms with Gasteiger partial charge in [-0.15, -0.1) is 0 Å². The molecule has 1 atom stereocenters. The van der Waals surface area contributed by atoms with E-state index in [-0.39, 0.29) is 0 Å². The summed E-state index contributed by atoms with van der Waals surface area (Å²) in [5.74, 6) is 0. The number of hydrogen-bond acceptors (Lipinski definition) is 2. The van der Waals surface area contributed by atoms with Crippen LogP contribution in [0.25, 0.3) is 0 Å². The van der Waals surface area contributed by atoms with Crippen molar-refractivity contribution in [3.05, 3.63) is 0 Å². The standard InChI is InChI=1S/C13H22N2/c1-12(6-9-14)15-10-13(11-15)7-4-2-3-5-8-13/h12H,2-8,10-11H2,1H3. The average Bonchev–Trinajstić information content (AvgIpc) is 2.40. The first-order chi connectivity index (χ1) is 7.26.